The summed E-state index contributed by atoms with van der Waals surface area (Å²) in [6.07, 6.45) is 20.5. The zero-order chi connectivity index (χ0) is 20.3. The lowest BCUT2D eigenvalue weighted by Gasteiger charge is -2.30. The third kappa shape index (κ3) is 6.23. The van der Waals surface area contributed by atoms with Gasteiger partial charge in [-0.15, -0.1) is 0 Å². The van der Waals surface area contributed by atoms with E-state index in [1.54, 1.807) is 0 Å². The molecule has 0 bridgehead atoms. The van der Waals surface area contributed by atoms with E-state index < -0.39 is 0 Å². The van der Waals surface area contributed by atoms with Gasteiger partial charge < -0.3 is 20.9 Å². The lowest BCUT2D eigenvalue weighted by atomic mass is 9.98. The number of dihydropyridines is 1. The molecule has 0 aromatic heterocycles. The molecule has 29 heavy (non-hydrogen) atoms. The summed E-state index contributed by atoms with van der Waals surface area (Å²) in [5, 5.41) is 10.5. The Bertz CT molecular complexity index is 756. The number of unbranched alkanes of at least 4 members (excludes halogenated alkanes) is 1. The first-order chi connectivity index (χ1) is 14.3. The van der Waals surface area contributed by atoms with Gasteiger partial charge in [0.25, 0.3) is 0 Å². The number of nitrogens with one attached hydrogen (secondary N) is 3. The molecule has 3 N–H and O–H groups in total. The maximum atomic E-state index is 4.64. The second-order valence-corrected chi connectivity index (χ2v) is 7.50. The first-order valence-electron chi connectivity index (χ1n) is 10.9. The molecule has 2 aliphatic heterocycles. The van der Waals surface area contributed by atoms with Crippen molar-refractivity contribution in [2.75, 3.05) is 39.3 Å². The van der Waals surface area contributed by atoms with E-state index >= 15 is 0 Å². The third-order valence-corrected chi connectivity index (χ3v) is 5.21. The summed E-state index contributed by atoms with van der Waals surface area (Å²) in [6.45, 7) is 10.2. The smallest absolute Gasteiger partial charge is 0.0737 e. The minimum absolute atomic E-state index is 0.781. The largest absolute Gasteiger partial charge is 0.386 e. The Morgan fingerprint density at radius 2 is 2.17 bits per heavy atom. The van der Waals surface area contributed by atoms with Crippen molar-refractivity contribution in [3.63, 3.8) is 0 Å². The van der Waals surface area contributed by atoms with Gasteiger partial charge in [-0.05, 0) is 49.6 Å². The molecule has 5 nitrogen and oxygen atoms in total. The normalized spacial score (nSPS) is 23.0. The molecule has 3 rings (SSSR count). The molecule has 5 heteroatoms. The molecule has 1 aliphatic carbocycles. The van der Waals surface area contributed by atoms with Crippen molar-refractivity contribution in [2.45, 2.75) is 33.1 Å². The van der Waals surface area contributed by atoms with Crippen LogP contribution >= 0.6 is 0 Å². The van der Waals surface area contributed by atoms with Crippen LogP contribution in [0.5, 0.6) is 0 Å². The average molecular weight is 394 g/mol. The van der Waals surface area contributed by atoms with Crippen LogP contribution in [0, 0.1) is 0 Å². The van der Waals surface area contributed by atoms with E-state index in [-0.39, 0.29) is 0 Å². The molecular formula is C24H35N5. The third-order valence-electron chi connectivity index (χ3n) is 5.21. The zero-order valence-corrected chi connectivity index (χ0v) is 17.9. The number of hydrogen-bond donors (Lipinski definition) is 3. The van der Waals surface area contributed by atoms with Gasteiger partial charge in [-0.3, -0.25) is 4.99 Å². The van der Waals surface area contributed by atoms with Gasteiger partial charge in [-0.25, -0.2) is 0 Å². The van der Waals surface area contributed by atoms with E-state index in [4.69, 9.17) is 0 Å². The van der Waals surface area contributed by atoms with Gasteiger partial charge in [0.1, 0.15) is 0 Å². The van der Waals surface area contributed by atoms with Gasteiger partial charge in [0.2, 0.25) is 0 Å². The number of hydrogen-bond acceptors (Lipinski definition) is 5. The molecule has 0 amide bonds. The van der Waals surface area contributed by atoms with Crippen LogP contribution in [0.25, 0.3) is 0 Å². The maximum absolute atomic E-state index is 4.64. The molecular weight excluding hydrogens is 358 g/mol. The second-order valence-electron chi connectivity index (χ2n) is 7.50. The predicted molar refractivity (Wildman–Crippen MR) is 124 cm³/mol. The molecule has 156 valence electrons. The van der Waals surface area contributed by atoms with Gasteiger partial charge in [-0.1, -0.05) is 37.6 Å². The van der Waals surface area contributed by atoms with Crippen molar-refractivity contribution in [1.29, 1.82) is 0 Å². The molecule has 2 heterocycles. The fourth-order valence-corrected chi connectivity index (χ4v) is 3.66. The SMILES string of the molecule is C\C=C/N=C1\C=C(CNC2=CNCC=C2N2CCCNCC2)C=C\C1=C/CCC. The monoisotopic (exact) mass is 393 g/mol. The van der Waals surface area contributed by atoms with Crippen molar-refractivity contribution in [3.05, 3.63) is 71.4 Å². The van der Waals surface area contributed by atoms with Crippen LogP contribution in [-0.4, -0.2) is 49.9 Å². The Kier molecular flexibility index (Phi) is 8.38. The summed E-state index contributed by atoms with van der Waals surface area (Å²) in [6, 6.07) is 0. The summed E-state index contributed by atoms with van der Waals surface area (Å²) >= 11 is 0. The van der Waals surface area contributed by atoms with E-state index in [2.05, 4.69) is 69.3 Å². The summed E-state index contributed by atoms with van der Waals surface area (Å²) in [7, 11) is 0. The number of allylic oxidation sites excluding steroid dienone is 5. The van der Waals surface area contributed by atoms with Crippen LogP contribution in [-0.2, 0) is 0 Å². The van der Waals surface area contributed by atoms with Crippen LogP contribution in [0.2, 0.25) is 0 Å². The van der Waals surface area contributed by atoms with Crippen LogP contribution in [0.4, 0.5) is 0 Å². The van der Waals surface area contributed by atoms with Crippen molar-refractivity contribution in [2.24, 2.45) is 4.99 Å². The second kappa shape index (κ2) is 11.5. The fourth-order valence-electron chi connectivity index (χ4n) is 3.66. The van der Waals surface area contributed by atoms with E-state index in [1.807, 2.05) is 19.2 Å². The van der Waals surface area contributed by atoms with Crippen LogP contribution in [0.1, 0.15) is 33.1 Å². The highest BCUT2D eigenvalue weighted by atomic mass is 15.2. The maximum Gasteiger partial charge on any atom is 0.0737 e. The molecule has 0 spiro atoms. The summed E-state index contributed by atoms with van der Waals surface area (Å²) in [5.74, 6) is 0. The minimum atomic E-state index is 0.781. The highest BCUT2D eigenvalue weighted by molar-refractivity contribution is 6.12. The van der Waals surface area contributed by atoms with E-state index in [0.717, 1.165) is 57.8 Å². The van der Waals surface area contributed by atoms with E-state index in [1.165, 1.54) is 29.0 Å². The lowest BCUT2D eigenvalue weighted by Crippen LogP contribution is -2.35. The van der Waals surface area contributed by atoms with Crippen molar-refractivity contribution in [1.82, 2.24) is 20.9 Å². The quantitative estimate of drug-likeness (QED) is 0.621. The van der Waals surface area contributed by atoms with Gasteiger partial charge in [0.15, 0.2) is 0 Å². The van der Waals surface area contributed by atoms with E-state index in [9.17, 15) is 0 Å². The lowest BCUT2D eigenvalue weighted by molar-refractivity contribution is 0.366. The molecule has 0 aromatic carbocycles. The standard InChI is InChI=1S/C24H35N5/c1-3-5-7-21-9-8-20(17-22(21)27-11-4-2)18-28-23-19-26-13-10-24(23)29-15-6-12-25-14-16-29/h4,7-11,17,19,25-26,28H,3,5-6,12-16,18H2,1-2H3/b11-4-,21-7+,27-22+. The Hall–Kier alpha value is -2.53. The number of nitrogens with zero attached hydrogens (tertiary/aromatic N) is 2. The zero-order valence-electron chi connectivity index (χ0n) is 17.9. The van der Waals surface area contributed by atoms with Crippen molar-refractivity contribution < 1.29 is 0 Å². The van der Waals surface area contributed by atoms with Crippen molar-refractivity contribution >= 4 is 5.71 Å². The first-order valence-corrected chi connectivity index (χ1v) is 10.9. The highest BCUT2D eigenvalue weighted by Crippen LogP contribution is 2.19. The highest BCUT2D eigenvalue weighted by Gasteiger charge is 2.18. The Labute approximate surface area is 175 Å². The van der Waals surface area contributed by atoms with Crippen LogP contribution in [0.3, 0.4) is 0 Å². The predicted octanol–water partition coefficient (Wildman–Crippen LogP) is 3.40. The Morgan fingerprint density at radius 3 is 3.03 bits per heavy atom. The van der Waals surface area contributed by atoms with Gasteiger partial charge in [0, 0.05) is 45.1 Å². The molecule has 1 fully saturated rings. The number of rotatable bonds is 7. The molecule has 0 saturated carbocycles. The summed E-state index contributed by atoms with van der Waals surface area (Å²) < 4.78 is 0. The minimum Gasteiger partial charge on any atom is -0.386 e. The number of aliphatic imine (C=N–C) groups is 1. The molecule has 3 aliphatic rings. The summed E-state index contributed by atoms with van der Waals surface area (Å²) in [4.78, 5) is 7.13. The van der Waals surface area contributed by atoms with Crippen LogP contribution in [0.15, 0.2) is 76.4 Å². The Morgan fingerprint density at radius 1 is 1.24 bits per heavy atom. The molecule has 0 atom stereocenters. The van der Waals surface area contributed by atoms with Gasteiger partial charge in [0.05, 0.1) is 17.1 Å². The summed E-state index contributed by atoms with van der Waals surface area (Å²) in [5.41, 5.74) is 5.99. The average Bonchev–Trinajstić information content (AvgIpc) is 3.05. The molecule has 0 aromatic rings. The van der Waals surface area contributed by atoms with Gasteiger partial charge >= 0.3 is 0 Å². The fraction of sp³-hybridized carbons (Fsp3) is 0.458. The van der Waals surface area contributed by atoms with E-state index in [0.29, 0.717) is 0 Å². The topological polar surface area (TPSA) is 51.7 Å². The van der Waals surface area contributed by atoms with Gasteiger partial charge in [-0.2, -0.15) is 0 Å². The van der Waals surface area contributed by atoms with Crippen LogP contribution < -0.4 is 16.0 Å². The molecule has 0 unspecified atom stereocenters. The molecule has 1 saturated heterocycles. The Balaban J connectivity index is 1.67. The van der Waals surface area contributed by atoms with Crippen molar-refractivity contribution in [3.8, 4) is 0 Å². The first kappa shape index (κ1) is 21.2. The molecule has 0 radical (unpaired) electrons.